The first-order valence-corrected chi connectivity index (χ1v) is 10.1. The molecule has 3 heterocycles. The van der Waals surface area contributed by atoms with E-state index < -0.39 is 11.9 Å². The fourth-order valence-electron chi connectivity index (χ4n) is 3.97. The minimum atomic E-state index is -0.426. The molecule has 0 saturated carbocycles. The first-order valence-electron chi connectivity index (χ1n) is 10.1. The van der Waals surface area contributed by atoms with Gasteiger partial charge in [-0.2, -0.15) is 0 Å². The summed E-state index contributed by atoms with van der Waals surface area (Å²) in [6, 6.07) is 6.86. The lowest BCUT2D eigenvalue weighted by Crippen LogP contribution is -2.51. The number of halogens is 1. The van der Waals surface area contributed by atoms with Crippen molar-refractivity contribution in [1.82, 2.24) is 24.4 Å². The van der Waals surface area contributed by atoms with Gasteiger partial charge in [0.25, 0.3) is 5.56 Å². The van der Waals surface area contributed by atoms with E-state index in [1.165, 1.54) is 43.0 Å². The number of aromatic nitrogens is 4. The van der Waals surface area contributed by atoms with Crippen molar-refractivity contribution in [3.8, 4) is 11.6 Å². The quantitative estimate of drug-likeness (QED) is 0.614. The van der Waals surface area contributed by atoms with Gasteiger partial charge >= 0.3 is 0 Å². The zero-order chi connectivity index (χ0) is 22.8. The van der Waals surface area contributed by atoms with Gasteiger partial charge < -0.3 is 14.5 Å². The third-order valence-electron chi connectivity index (χ3n) is 5.44. The number of rotatable bonds is 4. The van der Waals surface area contributed by atoms with Gasteiger partial charge in [0, 0.05) is 56.6 Å². The average Bonchev–Trinajstić information content (AvgIpc) is 2.78. The maximum absolute atomic E-state index is 13.8. The Kier molecular flexibility index (Phi) is 5.85. The minimum absolute atomic E-state index is 0.106. The standard InChI is InChI=1S/C22H23FN6O3/c1-14-24-8-6-20(26-14)29-21(31)7-9-25-22(29)27-10-11-28(15(2)30)18(13-27)17-5-4-16(23)12-19(17)32-3/h4-9,12,18H,10-11,13H2,1-3H3. The molecule has 1 saturated heterocycles. The van der Waals surface area contributed by atoms with E-state index in [0.717, 1.165) is 0 Å². The monoisotopic (exact) mass is 438 g/mol. The molecule has 1 aliphatic rings. The molecule has 1 aromatic carbocycles. The SMILES string of the molecule is COc1cc(F)ccc1C1CN(c2nccc(=O)n2-c2ccnc(C)n2)CCN1C(C)=O. The Morgan fingerprint density at radius 3 is 2.66 bits per heavy atom. The van der Waals surface area contributed by atoms with Crippen LogP contribution in [0.25, 0.3) is 5.82 Å². The molecule has 0 spiro atoms. The molecule has 1 amide bonds. The van der Waals surface area contributed by atoms with Gasteiger partial charge in [-0.15, -0.1) is 0 Å². The van der Waals surface area contributed by atoms with Crippen molar-refractivity contribution in [2.45, 2.75) is 19.9 Å². The van der Waals surface area contributed by atoms with E-state index in [-0.39, 0.29) is 11.5 Å². The highest BCUT2D eigenvalue weighted by atomic mass is 19.1. The van der Waals surface area contributed by atoms with E-state index in [9.17, 15) is 14.0 Å². The Labute approximate surface area is 184 Å². The van der Waals surface area contributed by atoms with Crippen LogP contribution >= 0.6 is 0 Å². The van der Waals surface area contributed by atoms with Crippen LogP contribution in [0.15, 0.2) is 47.5 Å². The molecule has 9 nitrogen and oxygen atoms in total. The summed E-state index contributed by atoms with van der Waals surface area (Å²) in [5.74, 6) is 1.17. The lowest BCUT2D eigenvalue weighted by atomic mass is 10.0. The van der Waals surface area contributed by atoms with Gasteiger partial charge in [0.1, 0.15) is 23.2 Å². The lowest BCUT2D eigenvalue weighted by molar-refractivity contribution is -0.131. The molecule has 0 aliphatic carbocycles. The second kappa shape index (κ2) is 8.74. The third-order valence-corrected chi connectivity index (χ3v) is 5.44. The molecule has 1 aliphatic heterocycles. The number of piperazine rings is 1. The lowest BCUT2D eigenvalue weighted by Gasteiger charge is -2.42. The molecule has 3 aromatic rings. The number of methoxy groups -OCH3 is 1. The van der Waals surface area contributed by atoms with Crippen molar-refractivity contribution in [2.75, 3.05) is 31.6 Å². The van der Waals surface area contributed by atoms with Crippen molar-refractivity contribution in [1.29, 1.82) is 0 Å². The van der Waals surface area contributed by atoms with Crippen LogP contribution in [0.5, 0.6) is 5.75 Å². The van der Waals surface area contributed by atoms with Crippen LogP contribution in [0.2, 0.25) is 0 Å². The number of hydrogen-bond donors (Lipinski definition) is 0. The first kappa shape index (κ1) is 21.4. The first-order chi connectivity index (χ1) is 15.4. The summed E-state index contributed by atoms with van der Waals surface area (Å²) in [7, 11) is 1.46. The topological polar surface area (TPSA) is 93.4 Å². The average molecular weight is 438 g/mol. The maximum atomic E-state index is 13.8. The van der Waals surface area contributed by atoms with Crippen LogP contribution in [0.1, 0.15) is 24.4 Å². The molecule has 32 heavy (non-hydrogen) atoms. The molecule has 1 unspecified atom stereocenters. The molecular weight excluding hydrogens is 415 g/mol. The van der Waals surface area contributed by atoms with Crippen molar-refractivity contribution in [2.24, 2.45) is 0 Å². The van der Waals surface area contributed by atoms with E-state index in [2.05, 4.69) is 15.0 Å². The van der Waals surface area contributed by atoms with E-state index in [1.54, 1.807) is 30.2 Å². The Hall–Kier alpha value is -3.82. The Balaban J connectivity index is 1.78. The van der Waals surface area contributed by atoms with Gasteiger partial charge in [0.05, 0.1) is 13.2 Å². The molecule has 0 radical (unpaired) electrons. The predicted octanol–water partition coefficient (Wildman–Crippen LogP) is 1.89. The van der Waals surface area contributed by atoms with E-state index >= 15 is 0 Å². The summed E-state index contributed by atoms with van der Waals surface area (Å²) in [6.07, 6.45) is 3.04. The summed E-state index contributed by atoms with van der Waals surface area (Å²) in [5.41, 5.74) is 0.398. The van der Waals surface area contributed by atoms with Crippen molar-refractivity contribution >= 4 is 11.9 Å². The number of aryl methyl sites for hydroxylation is 1. The fourth-order valence-corrected chi connectivity index (χ4v) is 3.97. The second-order valence-corrected chi connectivity index (χ2v) is 7.44. The highest BCUT2D eigenvalue weighted by Gasteiger charge is 2.33. The normalized spacial score (nSPS) is 16.2. The molecular formula is C22H23FN6O3. The van der Waals surface area contributed by atoms with Gasteiger partial charge in [-0.1, -0.05) is 6.07 Å². The Morgan fingerprint density at radius 1 is 1.16 bits per heavy atom. The minimum Gasteiger partial charge on any atom is -0.496 e. The van der Waals surface area contributed by atoms with Crippen LogP contribution in [-0.2, 0) is 4.79 Å². The van der Waals surface area contributed by atoms with E-state index in [4.69, 9.17) is 4.74 Å². The predicted molar refractivity (Wildman–Crippen MR) is 115 cm³/mol. The number of hydrogen-bond acceptors (Lipinski definition) is 7. The molecule has 2 aromatic heterocycles. The number of carbonyl (C=O) groups is 1. The molecule has 4 rings (SSSR count). The molecule has 1 fully saturated rings. The number of anilines is 1. The number of nitrogens with zero attached hydrogens (tertiary/aromatic N) is 6. The highest BCUT2D eigenvalue weighted by molar-refractivity contribution is 5.74. The summed E-state index contributed by atoms with van der Waals surface area (Å²) in [6.45, 7) is 4.43. The molecule has 10 heteroatoms. The Bertz CT molecular complexity index is 1210. The highest BCUT2D eigenvalue weighted by Crippen LogP contribution is 2.34. The summed E-state index contributed by atoms with van der Waals surface area (Å²) in [5, 5.41) is 0. The summed E-state index contributed by atoms with van der Waals surface area (Å²) >= 11 is 0. The zero-order valence-corrected chi connectivity index (χ0v) is 18.0. The van der Waals surface area contributed by atoms with E-state index in [1.807, 2.05) is 4.90 Å². The third kappa shape index (κ3) is 4.03. The maximum Gasteiger partial charge on any atom is 0.260 e. The molecule has 0 bridgehead atoms. The molecule has 0 N–H and O–H groups in total. The number of ether oxygens (including phenoxy) is 1. The largest absolute Gasteiger partial charge is 0.496 e. The van der Waals surface area contributed by atoms with Crippen molar-refractivity contribution in [3.05, 3.63) is 70.3 Å². The smallest absolute Gasteiger partial charge is 0.260 e. The number of benzene rings is 1. The zero-order valence-electron chi connectivity index (χ0n) is 18.0. The summed E-state index contributed by atoms with van der Waals surface area (Å²) < 4.78 is 20.6. The van der Waals surface area contributed by atoms with Crippen LogP contribution < -0.4 is 15.2 Å². The van der Waals surface area contributed by atoms with Crippen LogP contribution in [0, 0.1) is 12.7 Å². The second-order valence-electron chi connectivity index (χ2n) is 7.44. The fraction of sp³-hybridized carbons (Fsp3) is 0.318. The van der Waals surface area contributed by atoms with Gasteiger partial charge in [0.2, 0.25) is 11.9 Å². The van der Waals surface area contributed by atoms with Gasteiger partial charge in [-0.05, 0) is 19.1 Å². The van der Waals surface area contributed by atoms with Crippen LogP contribution in [0.3, 0.4) is 0 Å². The summed E-state index contributed by atoms with van der Waals surface area (Å²) in [4.78, 5) is 41.7. The van der Waals surface area contributed by atoms with Crippen LogP contribution in [-0.4, -0.2) is 57.1 Å². The van der Waals surface area contributed by atoms with Gasteiger partial charge in [0.15, 0.2) is 0 Å². The molecule has 1 atom stereocenters. The van der Waals surface area contributed by atoms with Crippen LogP contribution in [0.4, 0.5) is 10.3 Å². The van der Waals surface area contributed by atoms with Gasteiger partial charge in [-0.3, -0.25) is 9.59 Å². The Morgan fingerprint density at radius 2 is 1.94 bits per heavy atom. The van der Waals surface area contributed by atoms with Gasteiger partial charge in [-0.25, -0.2) is 23.9 Å². The number of carbonyl (C=O) groups excluding carboxylic acids is 1. The number of amides is 1. The van der Waals surface area contributed by atoms with E-state index in [0.29, 0.717) is 48.5 Å². The van der Waals surface area contributed by atoms with Crippen molar-refractivity contribution < 1.29 is 13.9 Å². The molecule has 166 valence electrons. The van der Waals surface area contributed by atoms with Crippen molar-refractivity contribution in [3.63, 3.8) is 0 Å².